The Labute approximate surface area is 171 Å². The number of para-hydroxylation sites is 1. The number of aryl methyl sites for hydroxylation is 1. The fourth-order valence-corrected chi connectivity index (χ4v) is 3.76. The Kier molecular flexibility index (Phi) is 7.92. The van der Waals surface area contributed by atoms with Crippen LogP contribution >= 0.6 is 0 Å². The van der Waals surface area contributed by atoms with Gasteiger partial charge < -0.3 is 10.1 Å². The summed E-state index contributed by atoms with van der Waals surface area (Å²) in [6.07, 6.45) is 0.624. The third-order valence-electron chi connectivity index (χ3n) is 4.16. The van der Waals surface area contributed by atoms with E-state index in [1.54, 1.807) is 36.4 Å². The number of nitrogens with one attached hydrogen (secondary N) is 2. The van der Waals surface area contributed by atoms with Crippen molar-refractivity contribution in [3.63, 3.8) is 0 Å². The molecule has 0 fully saturated rings. The molecule has 0 aliphatic heterocycles. The molecule has 29 heavy (non-hydrogen) atoms. The zero-order chi connectivity index (χ0) is 21.4. The summed E-state index contributed by atoms with van der Waals surface area (Å²) < 4.78 is 31.7. The molecule has 2 aromatic rings. The van der Waals surface area contributed by atoms with E-state index in [1.165, 1.54) is 19.2 Å². The molecule has 0 bridgehead atoms. The predicted octanol–water partition coefficient (Wildman–Crippen LogP) is 2.98. The van der Waals surface area contributed by atoms with Crippen molar-refractivity contribution in [3.05, 3.63) is 59.7 Å². The number of rotatable bonds is 9. The topological polar surface area (TPSA) is 102 Å². The standard InChI is InChI=1S/C21H26N2O5S/c1-15(2)14-22-29(26,27)17-11-8-16(9-12-17)10-13-20(24)23-19-7-5-4-6-18(19)21(25)28-3/h4-9,11-12,15,22H,10,13-14H2,1-3H3,(H,23,24). The number of carbonyl (C=O) groups excluding carboxylic acids is 2. The summed E-state index contributed by atoms with van der Waals surface area (Å²) in [6, 6.07) is 13.1. The van der Waals surface area contributed by atoms with E-state index in [4.69, 9.17) is 4.74 Å². The number of sulfonamides is 1. The third kappa shape index (κ3) is 6.69. The molecule has 0 aromatic heterocycles. The molecule has 1 amide bonds. The van der Waals surface area contributed by atoms with Gasteiger partial charge in [-0.3, -0.25) is 4.79 Å². The van der Waals surface area contributed by atoms with Gasteiger partial charge in [-0.2, -0.15) is 0 Å². The number of amides is 1. The molecule has 0 atom stereocenters. The highest BCUT2D eigenvalue weighted by atomic mass is 32.2. The molecule has 2 N–H and O–H groups in total. The number of benzene rings is 2. The predicted molar refractivity (Wildman–Crippen MR) is 111 cm³/mol. The number of carbonyl (C=O) groups is 2. The van der Waals surface area contributed by atoms with E-state index < -0.39 is 16.0 Å². The maximum absolute atomic E-state index is 12.3. The molecule has 0 aliphatic carbocycles. The number of anilines is 1. The summed E-state index contributed by atoms with van der Waals surface area (Å²) >= 11 is 0. The number of hydrogen-bond acceptors (Lipinski definition) is 5. The molecular formula is C21H26N2O5S. The average molecular weight is 419 g/mol. The van der Waals surface area contributed by atoms with Crippen molar-refractivity contribution in [3.8, 4) is 0 Å². The van der Waals surface area contributed by atoms with Gasteiger partial charge in [0.05, 0.1) is 23.3 Å². The van der Waals surface area contributed by atoms with Crippen molar-refractivity contribution in [1.82, 2.24) is 4.72 Å². The Balaban J connectivity index is 1.95. The van der Waals surface area contributed by atoms with Gasteiger partial charge in [-0.15, -0.1) is 0 Å². The summed E-state index contributed by atoms with van der Waals surface area (Å²) in [5.41, 5.74) is 1.51. The number of methoxy groups -OCH3 is 1. The Bertz CT molecular complexity index is 953. The van der Waals surface area contributed by atoms with Gasteiger partial charge in [-0.25, -0.2) is 17.9 Å². The highest BCUT2D eigenvalue weighted by molar-refractivity contribution is 7.89. The molecule has 0 saturated carbocycles. The van der Waals surface area contributed by atoms with Gasteiger partial charge in [-0.1, -0.05) is 38.1 Å². The lowest BCUT2D eigenvalue weighted by Crippen LogP contribution is -2.27. The molecule has 0 spiro atoms. The minimum atomic E-state index is -3.53. The van der Waals surface area contributed by atoms with Crippen LogP contribution in [0.1, 0.15) is 36.2 Å². The molecule has 0 radical (unpaired) electrons. The van der Waals surface area contributed by atoms with Crippen LogP contribution in [0.3, 0.4) is 0 Å². The zero-order valence-corrected chi connectivity index (χ0v) is 17.6. The van der Waals surface area contributed by atoms with Gasteiger partial charge >= 0.3 is 5.97 Å². The molecule has 0 aliphatic rings. The summed E-state index contributed by atoms with van der Waals surface area (Å²) in [7, 11) is -2.25. The Hall–Kier alpha value is -2.71. The quantitative estimate of drug-likeness (QED) is 0.610. The van der Waals surface area contributed by atoms with E-state index in [2.05, 4.69) is 10.0 Å². The SMILES string of the molecule is COC(=O)c1ccccc1NC(=O)CCc1ccc(S(=O)(=O)NCC(C)C)cc1. The molecular weight excluding hydrogens is 392 g/mol. The normalized spacial score (nSPS) is 11.3. The maximum Gasteiger partial charge on any atom is 0.339 e. The van der Waals surface area contributed by atoms with E-state index in [1.807, 2.05) is 13.8 Å². The monoisotopic (exact) mass is 418 g/mol. The lowest BCUT2D eigenvalue weighted by Gasteiger charge is -2.10. The van der Waals surface area contributed by atoms with Crippen molar-refractivity contribution < 1.29 is 22.7 Å². The second kappa shape index (κ2) is 10.2. The molecule has 8 heteroatoms. The summed E-state index contributed by atoms with van der Waals surface area (Å²) in [5.74, 6) is -0.563. The van der Waals surface area contributed by atoms with Crippen LogP contribution in [0.5, 0.6) is 0 Å². The minimum absolute atomic E-state index is 0.188. The van der Waals surface area contributed by atoms with Crippen molar-refractivity contribution in [2.24, 2.45) is 5.92 Å². The van der Waals surface area contributed by atoms with Gasteiger partial charge in [0.2, 0.25) is 15.9 Å². The summed E-state index contributed by atoms with van der Waals surface area (Å²) in [6.45, 7) is 4.23. The molecule has 2 rings (SSSR count). The van der Waals surface area contributed by atoms with E-state index in [9.17, 15) is 18.0 Å². The highest BCUT2D eigenvalue weighted by Gasteiger charge is 2.15. The smallest absolute Gasteiger partial charge is 0.339 e. The zero-order valence-electron chi connectivity index (χ0n) is 16.8. The van der Waals surface area contributed by atoms with Crippen molar-refractivity contribution in [2.75, 3.05) is 19.0 Å². The van der Waals surface area contributed by atoms with Gasteiger partial charge in [0.1, 0.15) is 0 Å². The lowest BCUT2D eigenvalue weighted by atomic mass is 10.1. The summed E-state index contributed by atoms with van der Waals surface area (Å²) in [5, 5.41) is 2.71. The van der Waals surface area contributed by atoms with E-state index >= 15 is 0 Å². The number of ether oxygens (including phenoxy) is 1. The Morgan fingerprint density at radius 1 is 1.03 bits per heavy atom. The van der Waals surface area contributed by atoms with Gasteiger partial charge in [0.15, 0.2) is 0 Å². The number of esters is 1. The van der Waals surface area contributed by atoms with Gasteiger partial charge in [0.25, 0.3) is 0 Å². The van der Waals surface area contributed by atoms with Crippen molar-refractivity contribution in [2.45, 2.75) is 31.6 Å². The first-order chi connectivity index (χ1) is 13.7. The van der Waals surface area contributed by atoms with E-state index in [0.717, 1.165) is 5.56 Å². The van der Waals surface area contributed by atoms with Crippen LogP contribution in [-0.2, 0) is 26.0 Å². The Morgan fingerprint density at radius 3 is 2.31 bits per heavy atom. The molecule has 7 nitrogen and oxygen atoms in total. The van der Waals surface area contributed by atoms with E-state index in [0.29, 0.717) is 18.7 Å². The fourth-order valence-electron chi connectivity index (χ4n) is 2.55. The molecule has 156 valence electrons. The van der Waals surface area contributed by atoms with Crippen LogP contribution in [0.15, 0.2) is 53.4 Å². The molecule has 2 aromatic carbocycles. The molecule has 0 saturated heterocycles. The first-order valence-electron chi connectivity index (χ1n) is 9.28. The van der Waals surface area contributed by atoms with Gasteiger partial charge in [0, 0.05) is 13.0 Å². The second-order valence-electron chi connectivity index (χ2n) is 6.98. The first-order valence-corrected chi connectivity index (χ1v) is 10.8. The number of hydrogen-bond donors (Lipinski definition) is 2. The second-order valence-corrected chi connectivity index (χ2v) is 8.74. The van der Waals surface area contributed by atoms with Crippen LogP contribution in [0.25, 0.3) is 0 Å². The largest absolute Gasteiger partial charge is 0.465 e. The molecule has 0 heterocycles. The van der Waals surface area contributed by atoms with Crippen LogP contribution in [0.4, 0.5) is 5.69 Å². The van der Waals surface area contributed by atoms with E-state index in [-0.39, 0.29) is 28.7 Å². The highest BCUT2D eigenvalue weighted by Crippen LogP contribution is 2.17. The fraction of sp³-hybridized carbons (Fsp3) is 0.333. The van der Waals surface area contributed by atoms with Crippen molar-refractivity contribution >= 4 is 27.6 Å². The minimum Gasteiger partial charge on any atom is -0.465 e. The van der Waals surface area contributed by atoms with Crippen molar-refractivity contribution in [1.29, 1.82) is 0 Å². The Morgan fingerprint density at radius 2 is 1.69 bits per heavy atom. The molecule has 0 unspecified atom stereocenters. The summed E-state index contributed by atoms with van der Waals surface area (Å²) in [4.78, 5) is 24.2. The maximum atomic E-state index is 12.3. The van der Waals surface area contributed by atoms with Crippen LogP contribution in [0, 0.1) is 5.92 Å². The van der Waals surface area contributed by atoms with Gasteiger partial charge in [-0.05, 0) is 42.2 Å². The van der Waals surface area contributed by atoms with Crippen LogP contribution in [-0.4, -0.2) is 33.9 Å². The third-order valence-corrected chi connectivity index (χ3v) is 5.60. The van der Waals surface area contributed by atoms with Crippen LogP contribution in [0.2, 0.25) is 0 Å². The van der Waals surface area contributed by atoms with Crippen LogP contribution < -0.4 is 10.0 Å². The average Bonchev–Trinajstić information content (AvgIpc) is 2.71. The first kappa shape index (κ1) is 22.6. The lowest BCUT2D eigenvalue weighted by molar-refractivity contribution is -0.116.